The van der Waals surface area contributed by atoms with Crippen molar-refractivity contribution in [3.8, 4) is 0 Å². The zero-order valence-electron chi connectivity index (χ0n) is 12.3. The van der Waals surface area contributed by atoms with E-state index >= 15 is 0 Å². The van der Waals surface area contributed by atoms with E-state index < -0.39 is 0 Å². The van der Waals surface area contributed by atoms with Crippen LogP contribution < -0.4 is 5.32 Å². The third-order valence-corrected chi connectivity index (χ3v) is 5.12. The van der Waals surface area contributed by atoms with Crippen LogP contribution in [0.5, 0.6) is 0 Å². The zero-order valence-corrected chi connectivity index (χ0v) is 14.7. The summed E-state index contributed by atoms with van der Waals surface area (Å²) in [4.78, 5) is 1.38. The molecule has 0 aliphatic carbocycles. The van der Waals surface area contributed by atoms with Gasteiger partial charge in [0.2, 0.25) is 0 Å². The summed E-state index contributed by atoms with van der Waals surface area (Å²) in [6.07, 6.45) is 3.12. The fourth-order valence-corrected chi connectivity index (χ4v) is 3.75. The van der Waals surface area contributed by atoms with Crippen molar-refractivity contribution in [2.75, 3.05) is 6.54 Å². The molecule has 5 heteroatoms. The van der Waals surface area contributed by atoms with Crippen molar-refractivity contribution in [2.45, 2.75) is 39.2 Å². The minimum absolute atomic E-state index is 0.367. The Morgan fingerprint density at radius 1 is 1.40 bits per heavy atom. The number of thiophene rings is 1. The summed E-state index contributed by atoms with van der Waals surface area (Å²) in [6.45, 7) is 5.39. The smallest absolute Gasteiger partial charge is 0.0701 e. The Morgan fingerprint density at radius 3 is 2.75 bits per heavy atom. The lowest BCUT2D eigenvalue weighted by Crippen LogP contribution is -2.24. The SMILES string of the molecule is CCCNC(Cc1cc(CC)nn1C)c1ccc(Br)s1. The average molecular weight is 356 g/mol. The Morgan fingerprint density at radius 2 is 2.20 bits per heavy atom. The maximum atomic E-state index is 4.54. The van der Waals surface area contributed by atoms with E-state index in [9.17, 15) is 0 Å². The van der Waals surface area contributed by atoms with Crippen molar-refractivity contribution in [1.29, 1.82) is 0 Å². The molecule has 2 rings (SSSR count). The van der Waals surface area contributed by atoms with Gasteiger partial charge in [-0.3, -0.25) is 4.68 Å². The molecular weight excluding hydrogens is 334 g/mol. The van der Waals surface area contributed by atoms with Gasteiger partial charge < -0.3 is 5.32 Å². The van der Waals surface area contributed by atoms with Crippen molar-refractivity contribution in [1.82, 2.24) is 15.1 Å². The molecule has 2 aromatic heterocycles. The highest BCUT2D eigenvalue weighted by molar-refractivity contribution is 9.11. The molecule has 0 fully saturated rings. The molecule has 0 bridgehead atoms. The summed E-state index contributed by atoms with van der Waals surface area (Å²) in [7, 11) is 2.04. The minimum Gasteiger partial charge on any atom is -0.309 e. The topological polar surface area (TPSA) is 29.9 Å². The quantitative estimate of drug-likeness (QED) is 0.810. The van der Waals surface area contributed by atoms with Gasteiger partial charge in [0.1, 0.15) is 0 Å². The molecule has 0 spiro atoms. The van der Waals surface area contributed by atoms with Crippen molar-refractivity contribution in [3.05, 3.63) is 38.3 Å². The molecule has 0 aliphatic rings. The van der Waals surface area contributed by atoms with Gasteiger partial charge in [-0.1, -0.05) is 13.8 Å². The third-order valence-electron chi connectivity index (χ3n) is 3.38. The van der Waals surface area contributed by atoms with Gasteiger partial charge in [0.15, 0.2) is 0 Å². The number of halogens is 1. The van der Waals surface area contributed by atoms with E-state index in [4.69, 9.17) is 0 Å². The van der Waals surface area contributed by atoms with Gasteiger partial charge in [0.25, 0.3) is 0 Å². The molecule has 2 heterocycles. The summed E-state index contributed by atoms with van der Waals surface area (Å²) in [5.74, 6) is 0. The first-order valence-corrected chi connectivity index (χ1v) is 8.75. The predicted octanol–water partition coefficient (Wildman–Crippen LogP) is 4.09. The highest BCUT2D eigenvalue weighted by atomic mass is 79.9. The lowest BCUT2D eigenvalue weighted by Gasteiger charge is -2.17. The second-order valence-corrected chi connectivity index (χ2v) is 7.45. The number of rotatable bonds is 7. The summed E-state index contributed by atoms with van der Waals surface area (Å²) in [5, 5.41) is 8.19. The van der Waals surface area contributed by atoms with E-state index in [2.05, 4.69) is 58.4 Å². The van der Waals surface area contributed by atoms with E-state index in [1.807, 2.05) is 23.1 Å². The summed E-state index contributed by atoms with van der Waals surface area (Å²) in [5.41, 5.74) is 2.46. The van der Waals surface area contributed by atoms with Crippen molar-refractivity contribution in [3.63, 3.8) is 0 Å². The van der Waals surface area contributed by atoms with Crippen LogP contribution in [0.15, 0.2) is 22.0 Å². The Kier molecular flexibility index (Phi) is 5.81. The Labute approximate surface area is 133 Å². The van der Waals surface area contributed by atoms with Crippen LogP contribution in [-0.2, 0) is 19.9 Å². The van der Waals surface area contributed by atoms with Crippen LogP contribution in [-0.4, -0.2) is 16.3 Å². The third kappa shape index (κ3) is 3.93. The van der Waals surface area contributed by atoms with Crippen LogP contribution in [0.1, 0.15) is 42.6 Å². The van der Waals surface area contributed by atoms with Crippen LogP contribution in [0.3, 0.4) is 0 Å². The molecule has 2 aromatic rings. The highest BCUT2D eigenvalue weighted by Gasteiger charge is 2.16. The van der Waals surface area contributed by atoms with E-state index in [-0.39, 0.29) is 0 Å². The van der Waals surface area contributed by atoms with E-state index in [0.29, 0.717) is 6.04 Å². The monoisotopic (exact) mass is 355 g/mol. The van der Waals surface area contributed by atoms with Crippen LogP contribution in [0.4, 0.5) is 0 Å². The van der Waals surface area contributed by atoms with E-state index in [0.717, 1.165) is 25.8 Å². The Balaban J connectivity index is 2.16. The highest BCUT2D eigenvalue weighted by Crippen LogP contribution is 2.29. The number of nitrogens with zero attached hydrogens (tertiary/aromatic N) is 2. The summed E-state index contributed by atoms with van der Waals surface area (Å²) in [6, 6.07) is 6.93. The fraction of sp³-hybridized carbons (Fsp3) is 0.533. The maximum absolute atomic E-state index is 4.54. The van der Waals surface area contributed by atoms with Crippen molar-refractivity contribution in [2.24, 2.45) is 7.05 Å². The molecule has 0 aromatic carbocycles. The van der Waals surface area contributed by atoms with Crippen LogP contribution in [0, 0.1) is 0 Å². The molecule has 3 nitrogen and oxygen atoms in total. The molecule has 1 atom stereocenters. The normalized spacial score (nSPS) is 12.8. The van der Waals surface area contributed by atoms with Gasteiger partial charge in [-0.2, -0.15) is 5.10 Å². The van der Waals surface area contributed by atoms with Crippen LogP contribution in [0.25, 0.3) is 0 Å². The summed E-state index contributed by atoms with van der Waals surface area (Å²) >= 11 is 5.37. The molecule has 1 N–H and O–H groups in total. The molecule has 20 heavy (non-hydrogen) atoms. The van der Waals surface area contributed by atoms with Gasteiger partial charge in [-0.15, -0.1) is 11.3 Å². The first kappa shape index (κ1) is 15.7. The van der Waals surface area contributed by atoms with Gasteiger partial charge in [0, 0.05) is 30.1 Å². The molecule has 0 aliphatic heterocycles. The lowest BCUT2D eigenvalue weighted by atomic mass is 10.1. The molecule has 0 amide bonds. The minimum atomic E-state index is 0.367. The molecule has 0 saturated carbocycles. The van der Waals surface area contributed by atoms with Gasteiger partial charge in [0.05, 0.1) is 9.48 Å². The standard InChI is InChI=1S/C15H22BrN3S/c1-4-8-17-13(14-6-7-15(16)20-14)10-12-9-11(5-2)18-19(12)3/h6-7,9,13,17H,4-5,8,10H2,1-3H3. The Bertz CT molecular complexity index is 547. The van der Waals surface area contributed by atoms with Crippen LogP contribution in [0.2, 0.25) is 0 Å². The largest absolute Gasteiger partial charge is 0.309 e. The molecule has 1 unspecified atom stereocenters. The number of hydrogen-bond donors (Lipinski definition) is 1. The van der Waals surface area contributed by atoms with E-state index in [1.54, 1.807) is 0 Å². The van der Waals surface area contributed by atoms with Gasteiger partial charge in [-0.25, -0.2) is 0 Å². The predicted molar refractivity (Wildman–Crippen MR) is 89.3 cm³/mol. The number of aryl methyl sites for hydroxylation is 2. The molecule has 0 radical (unpaired) electrons. The fourth-order valence-electron chi connectivity index (χ4n) is 2.25. The first-order valence-electron chi connectivity index (χ1n) is 7.14. The number of hydrogen-bond acceptors (Lipinski definition) is 3. The Hall–Kier alpha value is -0.650. The van der Waals surface area contributed by atoms with Gasteiger partial charge in [-0.05, 0) is 53.5 Å². The zero-order chi connectivity index (χ0) is 14.5. The summed E-state index contributed by atoms with van der Waals surface area (Å²) < 4.78 is 3.21. The van der Waals surface area contributed by atoms with E-state index in [1.165, 1.54) is 20.1 Å². The first-order chi connectivity index (χ1) is 9.63. The maximum Gasteiger partial charge on any atom is 0.0701 e. The van der Waals surface area contributed by atoms with Crippen LogP contribution >= 0.6 is 27.3 Å². The van der Waals surface area contributed by atoms with Gasteiger partial charge >= 0.3 is 0 Å². The second kappa shape index (κ2) is 7.38. The van der Waals surface area contributed by atoms with Crippen molar-refractivity contribution < 1.29 is 0 Å². The second-order valence-electron chi connectivity index (χ2n) is 4.96. The lowest BCUT2D eigenvalue weighted by molar-refractivity contribution is 0.518. The number of nitrogens with one attached hydrogen (secondary N) is 1. The number of aromatic nitrogens is 2. The van der Waals surface area contributed by atoms with Crippen molar-refractivity contribution >= 4 is 27.3 Å². The molecular formula is C15H22BrN3S. The average Bonchev–Trinajstić information content (AvgIpc) is 3.01. The molecule has 110 valence electrons. The molecule has 0 saturated heterocycles.